The number of rotatable bonds is 5. The van der Waals surface area contributed by atoms with E-state index in [4.69, 9.17) is 0 Å². The number of carbonyl (C=O) groups excluding carboxylic acids is 1. The Kier molecular flexibility index (Phi) is 5.40. The van der Waals surface area contributed by atoms with E-state index in [2.05, 4.69) is 15.3 Å². The third-order valence-corrected chi connectivity index (χ3v) is 3.88. The van der Waals surface area contributed by atoms with Crippen LogP contribution in [0.3, 0.4) is 0 Å². The van der Waals surface area contributed by atoms with Crippen molar-refractivity contribution < 1.29 is 13.6 Å². The molecule has 0 aliphatic heterocycles. The molecular weight excluding hydrogens is 350 g/mol. The van der Waals surface area contributed by atoms with Crippen LogP contribution >= 0.6 is 0 Å². The van der Waals surface area contributed by atoms with Gasteiger partial charge in [0, 0.05) is 19.3 Å². The van der Waals surface area contributed by atoms with Crippen LogP contribution in [-0.2, 0) is 6.54 Å². The summed E-state index contributed by atoms with van der Waals surface area (Å²) in [6.45, 7) is 2.09. The van der Waals surface area contributed by atoms with Gasteiger partial charge < -0.3 is 10.2 Å². The Bertz CT molecular complexity index is 943. The highest BCUT2D eigenvalue weighted by Gasteiger charge is 2.17. The second kappa shape index (κ2) is 7.90. The largest absolute Gasteiger partial charge is 0.336 e. The van der Waals surface area contributed by atoms with Crippen LogP contribution in [0, 0.1) is 18.6 Å². The normalized spacial score (nSPS) is 10.5. The van der Waals surface area contributed by atoms with Gasteiger partial charge in [0.25, 0.3) is 5.91 Å². The van der Waals surface area contributed by atoms with Crippen LogP contribution in [0.4, 0.5) is 20.4 Å². The molecular formula is C20H18F2N4O. The molecule has 0 aliphatic rings. The molecule has 0 saturated carbocycles. The molecule has 1 amide bonds. The quantitative estimate of drug-likeness (QED) is 0.737. The van der Waals surface area contributed by atoms with Gasteiger partial charge in [-0.2, -0.15) is 0 Å². The molecule has 3 rings (SSSR count). The summed E-state index contributed by atoms with van der Waals surface area (Å²) in [4.78, 5) is 22.5. The predicted octanol–water partition coefficient (Wildman–Crippen LogP) is 4.08. The van der Waals surface area contributed by atoms with Gasteiger partial charge in [-0.3, -0.25) is 4.79 Å². The highest BCUT2D eigenvalue weighted by atomic mass is 19.1. The first kappa shape index (κ1) is 18.4. The number of aromatic nitrogens is 2. The fraction of sp³-hybridized carbons (Fsp3) is 0.150. The van der Waals surface area contributed by atoms with Crippen LogP contribution < -0.4 is 5.32 Å². The van der Waals surface area contributed by atoms with Crippen molar-refractivity contribution in [2.45, 2.75) is 13.5 Å². The van der Waals surface area contributed by atoms with Gasteiger partial charge in [-0.15, -0.1) is 0 Å². The maximum absolute atomic E-state index is 13.8. The molecule has 138 valence electrons. The summed E-state index contributed by atoms with van der Waals surface area (Å²) < 4.78 is 27.7. The number of hydrogen-bond donors (Lipinski definition) is 1. The van der Waals surface area contributed by atoms with E-state index >= 15 is 0 Å². The molecule has 5 nitrogen and oxygen atoms in total. The molecule has 0 unspecified atom stereocenters. The molecule has 27 heavy (non-hydrogen) atoms. The molecule has 0 fully saturated rings. The van der Waals surface area contributed by atoms with Crippen molar-refractivity contribution in [2.75, 3.05) is 12.4 Å². The summed E-state index contributed by atoms with van der Waals surface area (Å²) in [5.41, 5.74) is 1.26. The second-order valence-electron chi connectivity index (χ2n) is 6.09. The molecule has 0 aliphatic carbocycles. The van der Waals surface area contributed by atoms with Crippen LogP contribution in [0.25, 0.3) is 0 Å². The van der Waals surface area contributed by atoms with E-state index in [0.29, 0.717) is 12.2 Å². The minimum Gasteiger partial charge on any atom is -0.336 e. The van der Waals surface area contributed by atoms with E-state index in [1.165, 1.54) is 17.0 Å². The zero-order chi connectivity index (χ0) is 19.4. The number of aryl methyl sites for hydroxylation is 1. The maximum Gasteiger partial charge on any atom is 0.272 e. The zero-order valence-electron chi connectivity index (χ0n) is 14.9. The first-order valence-electron chi connectivity index (χ1n) is 8.30. The fourth-order valence-electron chi connectivity index (χ4n) is 2.59. The number of nitrogens with one attached hydrogen (secondary N) is 1. The van der Waals surface area contributed by atoms with Crippen molar-refractivity contribution >= 4 is 17.5 Å². The number of carbonyl (C=O) groups is 1. The molecule has 0 spiro atoms. The van der Waals surface area contributed by atoms with Gasteiger partial charge in [0.15, 0.2) is 0 Å². The number of amides is 1. The lowest BCUT2D eigenvalue weighted by molar-refractivity contribution is 0.0779. The van der Waals surface area contributed by atoms with Crippen molar-refractivity contribution in [1.29, 1.82) is 0 Å². The van der Waals surface area contributed by atoms with Crippen molar-refractivity contribution in [3.8, 4) is 0 Å². The number of para-hydroxylation sites is 1. The second-order valence-corrected chi connectivity index (χ2v) is 6.09. The molecule has 1 aromatic heterocycles. The smallest absolute Gasteiger partial charge is 0.272 e. The summed E-state index contributed by atoms with van der Waals surface area (Å²) in [6.07, 6.45) is 0. The fourth-order valence-corrected chi connectivity index (χ4v) is 2.59. The van der Waals surface area contributed by atoms with Gasteiger partial charge in [-0.05, 0) is 30.7 Å². The summed E-state index contributed by atoms with van der Waals surface area (Å²) >= 11 is 0. The van der Waals surface area contributed by atoms with Crippen LogP contribution in [0.5, 0.6) is 0 Å². The summed E-state index contributed by atoms with van der Waals surface area (Å²) in [7, 11) is 1.66. The summed E-state index contributed by atoms with van der Waals surface area (Å²) in [5, 5.41) is 2.52. The Hall–Kier alpha value is -3.35. The highest BCUT2D eigenvalue weighted by Crippen LogP contribution is 2.21. The Labute approximate surface area is 155 Å². The van der Waals surface area contributed by atoms with Crippen LogP contribution in [-0.4, -0.2) is 27.8 Å². The number of hydrogen-bond acceptors (Lipinski definition) is 4. The Morgan fingerprint density at radius 2 is 1.70 bits per heavy atom. The van der Waals surface area contributed by atoms with E-state index in [1.54, 1.807) is 14.0 Å². The Morgan fingerprint density at radius 3 is 2.37 bits per heavy atom. The molecule has 0 radical (unpaired) electrons. The molecule has 2 aromatic carbocycles. The SMILES string of the molecule is Cc1cc(C(=O)N(C)Cc2ccccc2)nc(Nc2c(F)cccc2F)n1. The van der Waals surface area contributed by atoms with Gasteiger partial charge in [0.1, 0.15) is 23.0 Å². The van der Waals surface area contributed by atoms with E-state index in [1.807, 2.05) is 30.3 Å². The average Bonchev–Trinajstić information content (AvgIpc) is 2.64. The third-order valence-electron chi connectivity index (χ3n) is 3.88. The lowest BCUT2D eigenvalue weighted by atomic mass is 10.2. The van der Waals surface area contributed by atoms with E-state index < -0.39 is 11.6 Å². The monoisotopic (exact) mass is 368 g/mol. The van der Waals surface area contributed by atoms with Crippen molar-refractivity contribution in [3.63, 3.8) is 0 Å². The van der Waals surface area contributed by atoms with Gasteiger partial charge in [0.05, 0.1) is 0 Å². The van der Waals surface area contributed by atoms with Crippen molar-refractivity contribution in [3.05, 3.63) is 83.2 Å². The maximum atomic E-state index is 13.8. The predicted molar refractivity (Wildman–Crippen MR) is 98.6 cm³/mol. The third kappa shape index (κ3) is 4.44. The summed E-state index contributed by atoms with van der Waals surface area (Å²) in [5.74, 6) is -1.90. The zero-order valence-corrected chi connectivity index (χ0v) is 14.9. The minimum absolute atomic E-state index is 0.0459. The standard InChI is InChI=1S/C20H18F2N4O/c1-13-11-17(19(27)26(2)12-14-7-4-3-5-8-14)24-20(23-13)25-18-15(21)9-6-10-16(18)22/h3-11H,12H2,1-2H3,(H,23,24,25). The van der Waals surface area contributed by atoms with Gasteiger partial charge in [0.2, 0.25) is 5.95 Å². The summed E-state index contributed by atoms with van der Waals surface area (Å²) in [6, 6.07) is 14.6. The van der Waals surface area contributed by atoms with Gasteiger partial charge in [-0.25, -0.2) is 18.7 Å². The van der Waals surface area contributed by atoms with E-state index in [0.717, 1.165) is 17.7 Å². The molecule has 0 saturated heterocycles. The average molecular weight is 368 g/mol. The number of halogens is 2. The van der Waals surface area contributed by atoms with Crippen LogP contribution in [0.1, 0.15) is 21.7 Å². The molecule has 0 atom stereocenters. The van der Waals surface area contributed by atoms with Gasteiger partial charge in [-0.1, -0.05) is 36.4 Å². The van der Waals surface area contributed by atoms with Crippen molar-refractivity contribution in [2.24, 2.45) is 0 Å². The Balaban J connectivity index is 1.83. The first-order valence-corrected chi connectivity index (χ1v) is 8.30. The minimum atomic E-state index is -0.769. The molecule has 1 heterocycles. The number of benzene rings is 2. The lowest BCUT2D eigenvalue weighted by Gasteiger charge is -2.17. The van der Waals surface area contributed by atoms with E-state index in [9.17, 15) is 13.6 Å². The topological polar surface area (TPSA) is 58.1 Å². The lowest BCUT2D eigenvalue weighted by Crippen LogP contribution is -2.27. The molecule has 3 aromatic rings. The van der Waals surface area contributed by atoms with Crippen LogP contribution in [0.15, 0.2) is 54.6 Å². The van der Waals surface area contributed by atoms with Gasteiger partial charge >= 0.3 is 0 Å². The highest BCUT2D eigenvalue weighted by molar-refractivity contribution is 5.92. The van der Waals surface area contributed by atoms with Crippen molar-refractivity contribution in [1.82, 2.24) is 14.9 Å². The molecule has 0 bridgehead atoms. The molecule has 7 heteroatoms. The van der Waals surface area contributed by atoms with E-state index in [-0.39, 0.29) is 23.2 Å². The van der Waals surface area contributed by atoms with Crippen LogP contribution in [0.2, 0.25) is 0 Å². The number of anilines is 2. The first-order chi connectivity index (χ1) is 12.9. The Morgan fingerprint density at radius 1 is 1.04 bits per heavy atom. The molecule has 1 N–H and O–H groups in total. The number of nitrogens with zero attached hydrogens (tertiary/aromatic N) is 3.